The molecule has 19 heavy (non-hydrogen) atoms. The van der Waals surface area contributed by atoms with Gasteiger partial charge >= 0.3 is 0 Å². The number of anilines is 1. The topological polar surface area (TPSA) is 61.0 Å². The monoisotopic (exact) mass is 261 g/mol. The van der Waals surface area contributed by atoms with E-state index in [1.165, 1.54) is 32.1 Å². The zero-order valence-corrected chi connectivity index (χ0v) is 11.6. The Morgan fingerprint density at radius 2 is 2.11 bits per heavy atom. The van der Waals surface area contributed by atoms with Gasteiger partial charge in [-0.3, -0.25) is 0 Å². The molecule has 1 aromatic rings. The lowest BCUT2D eigenvalue weighted by Crippen LogP contribution is -2.25. The van der Waals surface area contributed by atoms with Gasteiger partial charge in [0.25, 0.3) is 0 Å². The molecule has 0 saturated heterocycles. The highest BCUT2D eigenvalue weighted by Crippen LogP contribution is 2.39. The summed E-state index contributed by atoms with van der Waals surface area (Å²) in [6, 6.07) is 1.77. The number of hydrogen-bond acceptors (Lipinski definition) is 4. The summed E-state index contributed by atoms with van der Waals surface area (Å²) in [5.41, 5.74) is 5.85. The van der Waals surface area contributed by atoms with Gasteiger partial charge in [-0.25, -0.2) is 4.98 Å². The van der Waals surface area contributed by atoms with Gasteiger partial charge in [-0.1, -0.05) is 19.8 Å². The van der Waals surface area contributed by atoms with Crippen molar-refractivity contribution in [3.05, 3.63) is 11.9 Å². The molecular formula is C15H23N3O. The predicted octanol–water partition coefficient (Wildman–Crippen LogP) is 3.28. The maximum Gasteiger partial charge on any atom is 0.219 e. The first-order valence-corrected chi connectivity index (χ1v) is 7.55. The van der Waals surface area contributed by atoms with Crippen LogP contribution in [-0.2, 0) is 0 Å². The maximum absolute atomic E-state index is 6.06. The summed E-state index contributed by atoms with van der Waals surface area (Å²) in [5, 5.41) is 0. The zero-order valence-electron chi connectivity index (χ0n) is 11.6. The Hall–Kier alpha value is -1.32. The largest absolute Gasteiger partial charge is 0.474 e. The SMILES string of the molecule is CCC1CCCC(Oc2cc(N)nc(C3CC3)n2)C1. The molecule has 1 heterocycles. The second-order valence-corrected chi connectivity index (χ2v) is 5.94. The molecule has 0 aliphatic heterocycles. The molecule has 2 saturated carbocycles. The van der Waals surface area contributed by atoms with Crippen LogP contribution in [0.4, 0.5) is 5.82 Å². The van der Waals surface area contributed by atoms with Gasteiger partial charge in [0, 0.05) is 12.0 Å². The van der Waals surface area contributed by atoms with Gasteiger partial charge in [0.1, 0.15) is 17.7 Å². The highest BCUT2D eigenvalue weighted by Gasteiger charge is 2.28. The second kappa shape index (κ2) is 5.35. The standard InChI is InChI=1S/C15H23N3O/c1-2-10-4-3-5-12(8-10)19-14-9-13(16)17-15(18-14)11-6-7-11/h9-12H,2-8H2,1H3,(H2,16,17,18). The van der Waals surface area contributed by atoms with Gasteiger partial charge in [0.2, 0.25) is 5.88 Å². The molecule has 0 aromatic carbocycles. The number of rotatable bonds is 4. The van der Waals surface area contributed by atoms with Gasteiger partial charge in [-0.15, -0.1) is 0 Å². The van der Waals surface area contributed by atoms with Crippen molar-refractivity contribution in [1.82, 2.24) is 9.97 Å². The first-order valence-electron chi connectivity index (χ1n) is 7.55. The Morgan fingerprint density at radius 3 is 2.84 bits per heavy atom. The van der Waals surface area contributed by atoms with Gasteiger partial charge < -0.3 is 10.5 Å². The van der Waals surface area contributed by atoms with Gasteiger partial charge in [-0.2, -0.15) is 4.98 Å². The summed E-state index contributed by atoms with van der Waals surface area (Å²) in [6.07, 6.45) is 8.82. The van der Waals surface area contributed by atoms with Crippen LogP contribution in [0.1, 0.15) is 63.6 Å². The van der Waals surface area contributed by atoms with Crippen LogP contribution < -0.4 is 10.5 Å². The molecule has 2 aliphatic rings. The van der Waals surface area contributed by atoms with Crippen LogP contribution in [0.5, 0.6) is 5.88 Å². The molecule has 2 fully saturated rings. The quantitative estimate of drug-likeness (QED) is 0.903. The molecule has 2 unspecified atom stereocenters. The van der Waals surface area contributed by atoms with E-state index in [0.717, 1.165) is 24.6 Å². The normalized spacial score (nSPS) is 27.2. The minimum Gasteiger partial charge on any atom is -0.474 e. The first kappa shape index (κ1) is 12.7. The molecule has 0 bridgehead atoms. The van der Waals surface area contributed by atoms with E-state index in [1.807, 2.05) is 0 Å². The van der Waals surface area contributed by atoms with Crippen LogP contribution in [0.3, 0.4) is 0 Å². The van der Waals surface area contributed by atoms with E-state index in [2.05, 4.69) is 16.9 Å². The fourth-order valence-electron chi connectivity index (χ4n) is 2.94. The van der Waals surface area contributed by atoms with Crippen molar-refractivity contribution in [2.45, 2.75) is 63.9 Å². The Bertz CT molecular complexity index is 445. The second-order valence-electron chi connectivity index (χ2n) is 5.94. The van der Waals surface area contributed by atoms with E-state index in [1.54, 1.807) is 6.07 Å². The Labute approximate surface area is 114 Å². The lowest BCUT2D eigenvalue weighted by molar-refractivity contribution is 0.117. The summed E-state index contributed by atoms with van der Waals surface area (Å²) in [6.45, 7) is 2.26. The molecule has 4 nitrogen and oxygen atoms in total. The molecular weight excluding hydrogens is 238 g/mol. The van der Waals surface area contributed by atoms with Gasteiger partial charge in [0.05, 0.1) is 0 Å². The Kier molecular flexibility index (Phi) is 3.58. The predicted molar refractivity (Wildman–Crippen MR) is 75.1 cm³/mol. The van der Waals surface area contributed by atoms with Crippen molar-refractivity contribution < 1.29 is 4.74 Å². The summed E-state index contributed by atoms with van der Waals surface area (Å²) < 4.78 is 6.06. The molecule has 4 heteroatoms. The van der Waals surface area contributed by atoms with Gasteiger partial charge in [-0.05, 0) is 38.0 Å². The van der Waals surface area contributed by atoms with E-state index in [9.17, 15) is 0 Å². The van der Waals surface area contributed by atoms with Crippen molar-refractivity contribution in [3.8, 4) is 5.88 Å². The Balaban J connectivity index is 1.68. The first-order chi connectivity index (χ1) is 9.24. The molecule has 2 aliphatic carbocycles. The van der Waals surface area contributed by atoms with Crippen LogP contribution in [0.15, 0.2) is 6.07 Å². The lowest BCUT2D eigenvalue weighted by atomic mass is 9.85. The van der Waals surface area contributed by atoms with Crippen LogP contribution in [0, 0.1) is 5.92 Å². The summed E-state index contributed by atoms with van der Waals surface area (Å²) >= 11 is 0. The zero-order chi connectivity index (χ0) is 13.2. The molecule has 2 atom stereocenters. The smallest absolute Gasteiger partial charge is 0.219 e. The van der Waals surface area contributed by atoms with Crippen molar-refractivity contribution in [2.24, 2.45) is 5.92 Å². The third-order valence-electron chi connectivity index (χ3n) is 4.28. The molecule has 104 valence electrons. The third kappa shape index (κ3) is 3.17. The Morgan fingerprint density at radius 1 is 1.26 bits per heavy atom. The fraction of sp³-hybridized carbons (Fsp3) is 0.733. The van der Waals surface area contributed by atoms with Crippen molar-refractivity contribution >= 4 is 5.82 Å². The fourth-order valence-corrected chi connectivity index (χ4v) is 2.94. The number of hydrogen-bond donors (Lipinski definition) is 1. The third-order valence-corrected chi connectivity index (χ3v) is 4.28. The van der Waals surface area contributed by atoms with Crippen molar-refractivity contribution in [2.75, 3.05) is 5.73 Å². The minimum atomic E-state index is 0.306. The highest BCUT2D eigenvalue weighted by atomic mass is 16.5. The minimum absolute atomic E-state index is 0.306. The molecule has 3 rings (SSSR count). The number of nitrogens with zero attached hydrogens (tertiary/aromatic N) is 2. The van der Waals surface area contributed by atoms with E-state index in [-0.39, 0.29) is 0 Å². The van der Waals surface area contributed by atoms with Crippen molar-refractivity contribution in [1.29, 1.82) is 0 Å². The number of nitrogens with two attached hydrogens (primary N) is 1. The van der Waals surface area contributed by atoms with Crippen LogP contribution in [0.2, 0.25) is 0 Å². The van der Waals surface area contributed by atoms with E-state index in [4.69, 9.17) is 10.5 Å². The molecule has 1 aromatic heterocycles. The van der Waals surface area contributed by atoms with Crippen LogP contribution in [-0.4, -0.2) is 16.1 Å². The van der Waals surface area contributed by atoms with Gasteiger partial charge in [0.15, 0.2) is 0 Å². The number of aromatic nitrogens is 2. The average molecular weight is 261 g/mol. The van der Waals surface area contributed by atoms with Crippen LogP contribution >= 0.6 is 0 Å². The number of nitrogen functional groups attached to an aromatic ring is 1. The van der Waals surface area contributed by atoms with E-state index < -0.39 is 0 Å². The number of ether oxygens (including phenoxy) is 1. The maximum atomic E-state index is 6.06. The summed E-state index contributed by atoms with van der Waals surface area (Å²) in [5.74, 6) is 3.41. The van der Waals surface area contributed by atoms with Crippen molar-refractivity contribution in [3.63, 3.8) is 0 Å². The molecule has 0 amide bonds. The van der Waals surface area contributed by atoms with E-state index in [0.29, 0.717) is 23.7 Å². The summed E-state index contributed by atoms with van der Waals surface area (Å²) in [4.78, 5) is 8.83. The lowest BCUT2D eigenvalue weighted by Gasteiger charge is -2.28. The molecule has 2 N–H and O–H groups in total. The summed E-state index contributed by atoms with van der Waals surface area (Å²) in [7, 11) is 0. The highest BCUT2D eigenvalue weighted by molar-refractivity contribution is 5.34. The average Bonchev–Trinajstić information content (AvgIpc) is 3.22. The van der Waals surface area contributed by atoms with E-state index >= 15 is 0 Å². The van der Waals surface area contributed by atoms with Crippen LogP contribution in [0.25, 0.3) is 0 Å². The molecule has 0 spiro atoms. The molecule has 0 radical (unpaired) electrons.